The lowest BCUT2D eigenvalue weighted by Crippen LogP contribution is -2.48. The molecule has 1 aromatic carbocycles. The van der Waals surface area contributed by atoms with Crippen molar-refractivity contribution in [2.75, 3.05) is 38.7 Å². The van der Waals surface area contributed by atoms with E-state index in [1.165, 1.54) is 25.3 Å². The Morgan fingerprint density at radius 2 is 2.00 bits per heavy atom. The van der Waals surface area contributed by atoms with Gasteiger partial charge >= 0.3 is 6.03 Å². The van der Waals surface area contributed by atoms with Gasteiger partial charge in [0.2, 0.25) is 0 Å². The number of hydrogen-bond donors (Lipinski definition) is 1. The number of nitro benzene ring substituents is 1. The minimum atomic E-state index is -0.540. The van der Waals surface area contributed by atoms with Gasteiger partial charge in [0.1, 0.15) is 5.75 Å². The molecule has 2 amide bonds. The number of carbonyl (C=O) groups excluding carboxylic acids is 1. The number of nitro groups is 1. The van der Waals surface area contributed by atoms with Crippen LogP contribution in [0.4, 0.5) is 16.2 Å². The molecule has 0 saturated carbocycles. The zero-order valence-corrected chi connectivity index (χ0v) is 13.3. The summed E-state index contributed by atoms with van der Waals surface area (Å²) in [5.41, 5.74) is 0.294. The van der Waals surface area contributed by atoms with Crippen LogP contribution in [0.15, 0.2) is 18.2 Å². The van der Waals surface area contributed by atoms with Gasteiger partial charge in [-0.3, -0.25) is 10.1 Å². The third-order valence-electron chi connectivity index (χ3n) is 4.26. The Morgan fingerprint density at radius 1 is 1.33 bits per heavy atom. The molecule has 1 N–H and O–H groups in total. The van der Waals surface area contributed by atoms with Gasteiger partial charge in [0.25, 0.3) is 5.69 Å². The highest BCUT2D eigenvalue weighted by Gasteiger charge is 2.40. The Kier molecular flexibility index (Phi) is 4.54. The molecule has 0 atom stereocenters. The van der Waals surface area contributed by atoms with Gasteiger partial charge in [0.15, 0.2) is 5.79 Å². The number of ether oxygens (including phenoxy) is 3. The highest BCUT2D eigenvalue weighted by Crippen LogP contribution is 2.32. The van der Waals surface area contributed by atoms with Crippen molar-refractivity contribution >= 4 is 17.4 Å². The summed E-state index contributed by atoms with van der Waals surface area (Å²) < 4.78 is 16.4. The first-order valence-corrected chi connectivity index (χ1v) is 7.69. The summed E-state index contributed by atoms with van der Waals surface area (Å²) >= 11 is 0. The van der Waals surface area contributed by atoms with Crippen LogP contribution in [-0.2, 0) is 9.47 Å². The third-order valence-corrected chi connectivity index (χ3v) is 4.26. The van der Waals surface area contributed by atoms with E-state index in [0.717, 1.165) is 0 Å². The Hall–Kier alpha value is -2.39. The zero-order chi connectivity index (χ0) is 17.2. The first-order chi connectivity index (χ1) is 11.5. The predicted molar refractivity (Wildman–Crippen MR) is 84.1 cm³/mol. The van der Waals surface area contributed by atoms with Crippen molar-refractivity contribution in [1.82, 2.24) is 4.90 Å². The van der Waals surface area contributed by atoms with E-state index < -0.39 is 10.7 Å². The number of amides is 2. The molecular formula is C15H19N3O6. The lowest BCUT2D eigenvalue weighted by molar-refractivity contribution is -0.384. The van der Waals surface area contributed by atoms with Crippen LogP contribution in [0.3, 0.4) is 0 Å². The van der Waals surface area contributed by atoms with Crippen LogP contribution in [0.25, 0.3) is 0 Å². The molecule has 1 aromatic rings. The highest BCUT2D eigenvalue weighted by molar-refractivity contribution is 5.91. The van der Waals surface area contributed by atoms with Gasteiger partial charge in [-0.25, -0.2) is 4.79 Å². The molecule has 2 fully saturated rings. The Balaban J connectivity index is 1.64. The number of methoxy groups -OCH3 is 1. The lowest BCUT2D eigenvalue weighted by atomic mass is 10.0. The molecule has 0 bridgehead atoms. The highest BCUT2D eigenvalue weighted by atomic mass is 16.7. The maximum Gasteiger partial charge on any atom is 0.321 e. The summed E-state index contributed by atoms with van der Waals surface area (Å²) in [6.07, 6.45) is 1.25. The molecule has 9 heteroatoms. The van der Waals surface area contributed by atoms with Crippen LogP contribution >= 0.6 is 0 Å². The fourth-order valence-corrected chi connectivity index (χ4v) is 2.93. The average Bonchev–Trinajstić information content (AvgIpc) is 3.03. The topological polar surface area (TPSA) is 103 Å². The first kappa shape index (κ1) is 16.5. The monoisotopic (exact) mass is 337 g/mol. The molecule has 3 rings (SSSR count). The average molecular weight is 337 g/mol. The van der Waals surface area contributed by atoms with E-state index in [0.29, 0.717) is 44.8 Å². The molecule has 0 unspecified atom stereocenters. The minimum Gasteiger partial charge on any atom is -0.494 e. The van der Waals surface area contributed by atoms with Gasteiger partial charge in [-0.2, -0.15) is 0 Å². The molecule has 130 valence electrons. The van der Waals surface area contributed by atoms with E-state index in [1.54, 1.807) is 4.90 Å². The summed E-state index contributed by atoms with van der Waals surface area (Å²) in [5.74, 6) is -0.296. The van der Waals surface area contributed by atoms with Crippen LogP contribution in [0.1, 0.15) is 12.8 Å². The van der Waals surface area contributed by atoms with Crippen LogP contribution in [-0.4, -0.2) is 55.1 Å². The van der Waals surface area contributed by atoms with Gasteiger partial charge in [-0.15, -0.1) is 0 Å². The van der Waals surface area contributed by atoms with Gasteiger partial charge in [0, 0.05) is 32.0 Å². The molecule has 9 nitrogen and oxygen atoms in total. The second kappa shape index (κ2) is 6.62. The lowest BCUT2D eigenvalue weighted by Gasteiger charge is -2.37. The van der Waals surface area contributed by atoms with E-state index in [-0.39, 0.29) is 17.5 Å². The normalized spacial score (nSPS) is 19.3. The molecule has 2 aliphatic heterocycles. The molecule has 0 aliphatic carbocycles. The Morgan fingerprint density at radius 3 is 2.58 bits per heavy atom. The van der Waals surface area contributed by atoms with Crippen LogP contribution in [0.5, 0.6) is 5.75 Å². The molecule has 24 heavy (non-hydrogen) atoms. The van der Waals surface area contributed by atoms with Gasteiger partial charge in [0.05, 0.1) is 37.0 Å². The SMILES string of the molecule is COc1cc([N+](=O)[O-])ccc1NC(=O)N1CCC2(CC1)OCCO2. The molecule has 0 aromatic heterocycles. The molecule has 2 heterocycles. The minimum absolute atomic E-state index is 0.0969. The van der Waals surface area contributed by atoms with E-state index in [2.05, 4.69) is 5.32 Å². The summed E-state index contributed by atoms with van der Waals surface area (Å²) in [6.45, 7) is 2.21. The van der Waals surface area contributed by atoms with Crippen LogP contribution in [0.2, 0.25) is 0 Å². The number of carbonyl (C=O) groups is 1. The third kappa shape index (κ3) is 3.26. The smallest absolute Gasteiger partial charge is 0.321 e. The number of hydrogen-bond acceptors (Lipinski definition) is 6. The second-order valence-electron chi connectivity index (χ2n) is 5.67. The summed E-state index contributed by atoms with van der Waals surface area (Å²) in [7, 11) is 1.40. The molecule has 1 spiro atoms. The fraction of sp³-hybridized carbons (Fsp3) is 0.533. The molecule has 0 radical (unpaired) electrons. The van der Waals surface area contributed by atoms with Crippen molar-refractivity contribution in [2.24, 2.45) is 0 Å². The standard InChI is InChI=1S/C15H19N3O6/c1-22-13-10-11(18(20)21)2-3-12(13)16-14(19)17-6-4-15(5-7-17)23-8-9-24-15/h2-3,10H,4-9H2,1H3,(H,16,19). The largest absolute Gasteiger partial charge is 0.494 e. The number of nitrogens with zero attached hydrogens (tertiary/aromatic N) is 2. The predicted octanol–water partition coefficient (Wildman–Crippen LogP) is 1.97. The Bertz CT molecular complexity index is 634. The number of likely N-dealkylation sites (tertiary alicyclic amines) is 1. The quantitative estimate of drug-likeness (QED) is 0.668. The second-order valence-corrected chi connectivity index (χ2v) is 5.67. The fourth-order valence-electron chi connectivity index (χ4n) is 2.93. The van der Waals surface area contributed by atoms with E-state index in [9.17, 15) is 14.9 Å². The number of benzene rings is 1. The van der Waals surface area contributed by atoms with Crippen molar-refractivity contribution in [2.45, 2.75) is 18.6 Å². The number of urea groups is 1. The van der Waals surface area contributed by atoms with Gasteiger partial charge < -0.3 is 24.4 Å². The Labute approximate surface area is 138 Å². The number of piperidine rings is 1. The summed E-state index contributed by atoms with van der Waals surface area (Å²) in [4.78, 5) is 24.4. The van der Waals surface area contributed by atoms with Crippen molar-refractivity contribution in [1.29, 1.82) is 0 Å². The van der Waals surface area contributed by atoms with Crippen molar-refractivity contribution in [3.63, 3.8) is 0 Å². The molecule has 2 aliphatic rings. The van der Waals surface area contributed by atoms with Crippen molar-refractivity contribution < 1.29 is 23.9 Å². The number of nitrogens with one attached hydrogen (secondary N) is 1. The number of anilines is 1. The van der Waals surface area contributed by atoms with Gasteiger partial charge in [-0.1, -0.05) is 0 Å². The first-order valence-electron chi connectivity index (χ1n) is 7.69. The van der Waals surface area contributed by atoms with Crippen LogP contribution in [0, 0.1) is 10.1 Å². The molecular weight excluding hydrogens is 318 g/mol. The van der Waals surface area contributed by atoms with Crippen LogP contribution < -0.4 is 10.1 Å². The van der Waals surface area contributed by atoms with Crippen molar-refractivity contribution in [3.8, 4) is 5.75 Å². The maximum atomic E-state index is 12.4. The van der Waals surface area contributed by atoms with Gasteiger partial charge in [-0.05, 0) is 6.07 Å². The summed E-state index contributed by atoms with van der Waals surface area (Å²) in [6, 6.07) is 3.78. The number of non-ortho nitro benzene ring substituents is 1. The number of rotatable bonds is 3. The van der Waals surface area contributed by atoms with E-state index >= 15 is 0 Å². The molecule has 2 saturated heterocycles. The maximum absolute atomic E-state index is 12.4. The van der Waals surface area contributed by atoms with E-state index in [1.807, 2.05) is 0 Å². The summed E-state index contributed by atoms with van der Waals surface area (Å²) in [5, 5.41) is 13.5. The zero-order valence-electron chi connectivity index (χ0n) is 13.3. The van der Waals surface area contributed by atoms with E-state index in [4.69, 9.17) is 14.2 Å². The van der Waals surface area contributed by atoms with Crippen molar-refractivity contribution in [3.05, 3.63) is 28.3 Å².